The topological polar surface area (TPSA) is 66.8 Å². The lowest BCUT2D eigenvalue weighted by atomic mass is 9.64. The Bertz CT molecular complexity index is 552. The van der Waals surface area contributed by atoms with Crippen LogP contribution in [0.2, 0.25) is 0 Å². The SMILES string of the molecule is COc1cc(C(C(=O)O)[C@@H]2C[C@H](C)CC[C@H]2C(C)C)ccc1O. The van der Waals surface area contributed by atoms with Crippen LogP contribution >= 0.6 is 0 Å². The maximum absolute atomic E-state index is 12.1. The summed E-state index contributed by atoms with van der Waals surface area (Å²) in [5.74, 6) is 0.570. The van der Waals surface area contributed by atoms with Gasteiger partial charge in [0.2, 0.25) is 0 Å². The number of phenolic OH excluding ortho intramolecular Hbond substituents is 1. The summed E-state index contributed by atoms with van der Waals surface area (Å²) in [6.45, 7) is 6.58. The summed E-state index contributed by atoms with van der Waals surface area (Å²) in [6, 6.07) is 4.92. The van der Waals surface area contributed by atoms with Gasteiger partial charge in [0.1, 0.15) is 0 Å². The molecule has 0 spiro atoms. The number of hydrogen-bond donors (Lipinski definition) is 2. The molecule has 1 unspecified atom stereocenters. The number of phenols is 1. The average Bonchev–Trinajstić information content (AvgIpc) is 2.48. The van der Waals surface area contributed by atoms with E-state index in [9.17, 15) is 15.0 Å². The molecule has 128 valence electrons. The molecule has 0 radical (unpaired) electrons. The number of aromatic hydroxyl groups is 1. The average molecular weight is 320 g/mol. The van der Waals surface area contributed by atoms with Crippen molar-refractivity contribution in [3.63, 3.8) is 0 Å². The number of aliphatic carboxylic acids is 1. The maximum atomic E-state index is 12.1. The van der Waals surface area contributed by atoms with E-state index in [0.29, 0.717) is 23.5 Å². The summed E-state index contributed by atoms with van der Waals surface area (Å²) in [6.07, 6.45) is 3.19. The van der Waals surface area contributed by atoms with Crippen molar-refractivity contribution in [2.75, 3.05) is 7.11 Å². The fraction of sp³-hybridized carbons (Fsp3) is 0.632. The highest BCUT2D eigenvalue weighted by Crippen LogP contribution is 2.46. The van der Waals surface area contributed by atoms with E-state index in [1.807, 2.05) is 0 Å². The first-order valence-corrected chi connectivity index (χ1v) is 8.44. The van der Waals surface area contributed by atoms with Crippen molar-refractivity contribution in [1.82, 2.24) is 0 Å². The first-order chi connectivity index (χ1) is 10.8. The molecule has 1 aromatic rings. The molecular weight excluding hydrogens is 292 g/mol. The van der Waals surface area contributed by atoms with Gasteiger partial charge < -0.3 is 14.9 Å². The molecule has 1 aliphatic rings. The summed E-state index contributed by atoms with van der Waals surface area (Å²) in [7, 11) is 1.48. The number of carbonyl (C=O) groups is 1. The van der Waals surface area contributed by atoms with Gasteiger partial charge in [-0.2, -0.15) is 0 Å². The Morgan fingerprint density at radius 1 is 1.26 bits per heavy atom. The molecule has 23 heavy (non-hydrogen) atoms. The minimum absolute atomic E-state index is 0.0396. The van der Waals surface area contributed by atoms with Crippen molar-refractivity contribution in [3.05, 3.63) is 23.8 Å². The second-order valence-corrected chi connectivity index (χ2v) is 7.24. The number of ether oxygens (including phenoxy) is 1. The number of methoxy groups -OCH3 is 1. The Kier molecular flexibility index (Phi) is 5.55. The van der Waals surface area contributed by atoms with Crippen molar-refractivity contribution in [2.45, 2.75) is 46.0 Å². The molecule has 1 fully saturated rings. The molecule has 4 atom stereocenters. The second kappa shape index (κ2) is 7.24. The van der Waals surface area contributed by atoms with E-state index in [1.54, 1.807) is 12.1 Å². The molecule has 0 amide bonds. The second-order valence-electron chi connectivity index (χ2n) is 7.24. The van der Waals surface area contributed by atoms with Gasteiger partial charge in [-0.1, -0.05) is 33.3 Å². The Morgan fingerprint density at radius 2 is 1.96 bits per heavy atom. The lowest BCUT2D eigenvalue weighted by molar-refractivity contribution is -0.141. The fourth-order valence-electron chi connectivity index (χ4n) is 4.12. The van der Waals surface area contributed by atoms with Gasteiger partial charge in [0.25, 0.3) is 0 Å². The Morgan fingerprint density at radius 3 is 2.52 bits per heavy atom. The fourth-order valence-corrected chi connectivity index (χ4v) is 4.12. The smallest absolute Gasteiger partial charge is 0.311 e. The monoisotopic (exact) mass is 320 g/mol. The van der Waals surface area contributed by atoms with Gasteiger partial charge in [-0.25, -0.2) is 0 Å². The highest BCUT2D eigenvalue weighted by molar-refractivity contribution is 5.77. The van der Waals surface area contributed by atoms with E-state index in [4.69, 9.17) is 4.74 Å². The molecule has 0 aromatic heterocycles. The van der Waals surface area contributed by atoms with Gasteiger partial charge in [-0.3, -0.25) is 4.79 Å². The first kappa shape index (κ1) is 17.6. The van der Waals surface area contributed by atoms with Crippen molar-refractivity contribution >= 4 is 5.97 Å². The number of hydrogen-bond acceptors (Lipinski definition) is 3. The standard InChI is InChI=1S/C19H28O4/c1-11(2)14-7-5-12(3)9-15(14)18(19(21)22)13-6-8-16(20)17(10-13)23-4/h6,8,10-12,14-15,18,20H,5,7,9H2,1-4H3,(H,21,22)/t12-,14+,15-,18?/m1/s1. The van der Waals surface area contributed by atoms with E-state index in [1.165, 1.54) is 19.6 Å². The molecule has 1 saturated carbocycles. The summed E-state index contributed by atoms with van der Waals surface area (Å²) in [5, 5.41) is 19.7. The van der Waals surface area contributed by atoms with E-state index in [-0.39, 0.29) is 11.7 Å². The van der Waals surface area contributed by atoms with Crippen molar-refractivity contribution in [2.24, 2.45) is 23.7 Å². The minimum atomic E-state index is -0.789. The maximum Gasteiger partial charge on any atom is 0.311 e. The van der Waals surface area contributed by atoms with Crippen LogP contribution in [0.15, 0.2) is 18.2 Å². The molecule has 0 saturated heterocycles. The third kappa shape index (κ3) is 3.80. The zero-order valence-electron chi connectivity index (χ0n) is 14.5. The van der Waals surface area contributed by atoms with Crippen LogP contribution in [0.1, 0.15) is 51.5 Å². The van der Waals surface area contributed by atoms with E-state index < -0.39 is 11.9 Å². The molecule has 1 aliphatic carbocycles. The van der Waals surface area contributed by atoms with Gasteiger partial charge in [-0.15, -0.1) is 0 Å². The van der Waals surface area contributed by atoms with Crippen molar-refractivity contribution in [3.8, 4) is 11.5 Å². The van der Waals surface area contributed by atoms with Crippen LogP contribution < -0.4 is 4.74 Å². The van der Waals surface area contributed by atoms with Gasteiger partial charge >= 0.3 is 5.97 Å². The minimum Gasteiger partial charge on any atom is -0.504 e. The third-order valence-corrected chi connectivity index (χ3v) is 5.33. The van der Waals surface area contributed by atoms with E-state index in [0.717, 1.165) is 18.4 Å². The van der Waals surface area contributed by atoms with Crippen LogP contribution in [0.3, 0.4) is 0 Å². The largest absolute Gasteiger partial charge is 0.504 e. The van der Waals surface area contributed by atoms with Gasteiger partial charge in [0.15, 0.2) is 11.5 Å². The first-order valence-electron chi connectivity index (χ1n) is 8.44. The van der Waals surface area contributed by atoms with E-state index in [2.05, 4.69) is 20.8 Å². The zero-order valence-corrected chi connectivity index (χ0v) is 14.5. The quantitative estimate of drug-likeness (QED) is 0.850. The lowest BCUT2D eigenvalue weighted by Gasteiger charge is -2.40. The Balaban J connectivity index is 2.41. The van der Waals surface area contributed by atoms with Crippen molar-refractivity contribution in [1.29, 1.82) is 0 Å². The summed E-state index contributed by atoms with van der Waals surface area (Å²) in [4.78, 5) is 12.1. The predicted octanol–water partition coefficient (Wildman–Crippen LogP) is 4.28. The van der Waals surface area contributed by atoms with Gasteiger partial charge in [-0.05, 0) is 54.2 Å². The molecule has 1 aromatic carbocycles. The Labute approximate surface area is 138 Å². The predicted molar refractivity (Wildman–Crippen MR) is 89.9 cm³/mol. The lowest BCUT2D eigenvalue weighted by Crippen LogP contribution is -2.35. The van der Waals surface area contributed by atoms with Crippen LogP contribution in [0.5, 0.6) is 11.5 Å². The number of rotatable bonds is 5. The molecule has 0 aliphatic heterocycles. The van der Waals surface area contributed by atoms with Crippen LogP contribution in [0, 0.1) is 23.7 Å². The van der Waals surface area contributed by atoms with Crippen molar-refractivity contribution < 1.29 is 19.7 Å². The molecule has 2 rings (SSSR count). The van der Waals surface area contributed by atoms with Crippen LogP contribution in [0.4, 0.5) is 0 Å². The molecule has 4 nitrogen and oxygen atoms in total. The molecule has 2 N–H and O–H groups in total. The van der Waals surface area contributed by atoms with Crippen LogP contribution in [0.25, 0.3) is 0 Å². The Hall–Kier alpha value is -1.71. The zero-order chi connectivity index (χ0) is 17.1. The molecule has 4 heteroatoms. The highest BCUT2D eigenvalue weighted by atomic mass is 16.5. The number of carboxylic acids is 1. The van der Waals surface area contributed by atoms with E-state index >= 15 is 0 Å². The van der Waals surface area contributed by atoms with Crippen LogP contribution in [-0.4, -0.2) is 23.3 Å². The summed E-state index contributed by atoms with van der Waals surface area (Å²) >= 11 is 0. The number of benzene rings is 1. The molecule has 0 heterocycles. The summed E-state index contributed by atoms with van der Waals surface area (Å²) < 4.78 is 5.16. The summed E-state index contributed by atoms with van der Waals surface area (Å²) in [5.41, 5.74) is 0.719. The molecule has 0 bridgehead atoms. The normalized spacial score (nSPS) is 26.0. The number of carboxylic acid groups (broad SMARTS) is 1. The van der Waals surface area contributed by atoms with Crippen LogP contribution in [-0.2, 0) is 4.79 Å². The van der Waals surface area contributed by atoms with Gasteiger partial charge in [0, 0.05) is 0 Å². The highest BCUT2D eigenvalue weighted by Gasteiger charge is 2.40. The third-order valence-electron chi connectivity index (χ3n) is 5.33. The van der Waals surface area contributed by atoms with Gasteiger partial charge in [0.05, 0.1) is 13.0 Å². The molecular formula is C19H28O4.